The molecule has 0 radical (unpaired) electrons. The number of nitrogens with one attached hydrogen (secondary N) is 1. The second kappa shape index (κ2) is 9.25. The Labute approximate surface area is 142 Å². The molecule has 1 amide bonds. The zero-order chi connectivity index (χ0) is 16.7. The molecule has 0 bridgehead atoms. The van der Waals surface area contributed by atoms with Crippen LogP contribution in [0.25, 0.3) is 10.9 Å². The third-order valence-corrected chi connectivity index (χ3v) is 3.19. The van der Waals surface area contributed by atoms with Gasteiger partial charge in [0.2, 0.25) is 0 Å². The Kier molecular flexibility index (Phi) is 7.36. The lowest BCUT2D eigenvalue weighted by atomic mass is 10.2. The molecule has 0 aliphatic rings. The van der Waals surface area contributed by atoms with E-state index in [-0.39, 0.29) is 19.0 Å². The van der Waals surface area contributed by atoms with Crippen molar-refractivity contribution in [2.75, 3.05) is 5.73 Å². The van der Waals surface area contributed by atoms with Crippen molar-refractivity contribution in [1.82, 2.24) is 15.3 Å². The molecular weight excluding hydrogens is 300 g/mol. The molecule has 2 heterocycles. The Morgan fingerprint density at radius 3 is 2.50 bits per heavy atom. The largest absolute Gasteiger partial charge is 0.395 e. The number of anilines is 1. The molecule has 2 aromatic heterocycles. The highest BCUT2D eigenvalue weighted by molar-refractivity contribution is 6.04. The minimum atomic E-state index is -0.302. The second-order valence-electron chi connectivity index (χ2n) is 4.63. The van der Waals surface area contributed by atoms with Crippen molar-refractivity contribution in [2.45, 2.75) is 27.8 Å². The van der Waals surface area contributed by atoms with E-state index in [1.807, 2.05) is 50.2 Å². The molecule has 3 rings (SSSR count). The lowest BCUT2D eigenvalue weighted by Crippen LogP contribution is -2.25. The van der Waals surface area contributed by atoms with E-state index in [2.05, 4.69) is 15.3 Å². The van der Waals surface area contributed by atoms with Crippen LogP contribution in [-0.4, -0.2) is 15.9 Å². The number of fused-ring (bicyclic) bond motifs is 1. The minimum Gasteiger partial charge on any atom is -0.395 e. The van der Waals surface area contributed by atoms with Crippen LogP contribution in [0.5, 0.6) is 0 Å². The number of rotatable bonds is 3. The molecule has 0 saturated carbocycles. The number of nitrogens with two attached hydrogens (primary N) is 1. The average molecular weight is 324 g/mol. The van der Waals surface area contributed by atoms with Crippen molar-refractivity contribution < 1.29 is 4.79 Å². The van der Waals surface area contributed by atoms with E-state index in [1.165, 1.54) is 0 Å². The number of hydrogen-bond acceptors (Lipinski definition) is 4. The standard InChI is InChI=1S/C16H14N4O.C2H6.CH4/c17-13-14-12(7-4-8-18-14)10-19-15(13)16(21)20-9-11-5-2-1-3-6-11;1-2;/h1-8,10H,9,17H2,(H,20,21);1-2H3;1H4. The van der Waals surface area contributed by atoms with E-state index in [4.69, 9.17) is 5.73 Å². The Bertz CT molecular complexity index is 788. The summed E-state index contributed by atoms with van der Waals surface area (Å²) in [5, 5.41) is 3.63. The zero-order valence-corrected chi connectivity index (χ0v) is 13.3. The number of carbonyl (C=O) groups is 1. The van der Waals surface area contributed by atoms with Gasteiger partial charge in [0, 0.05) is 24.3 Å². The topological polar surface area (TPSA) is 80.9 Å². The van der Waals surface area contributed by atoms with Crippen LogP contribution < -0.4 is 11.1 Å². The summed E-state index contributed by atoms with van der Waals surface area (Å²) < 4.78 is 0. The molecule has 3 aromatic rings. The maximum Gasteiger partial charge on any atom is 0.272 e. The number of aromatic nitrogens is 2. The molecule has 3 N–H and O–H groups in total. The SMILES string of the molecule is C.CC.Nc1c(C(=O)NCc2ccccc2)ncc2cccnc12. The van der Waals surface area contributed by atoms with E-state index in [9.17, 15) is 4.79 Å². The quantitative estimate of drug-likeness (QED) is 0.768. The van der Waals surface area contributed by atoms with Crippen molar-refractivity contribution in [3.8, 4) is 0 Å². The highest BCUT2D eigenvalue weighted by Crippen LogP contribution is 2.20. The highest BCUT2D eigenvalue weighted by atomic mass is 16.1. The van der Waals surface area contributed by atoms with Crippen molar-refractivity contribution in [3.63, 3.8) is 0 Å². The molecule has 126 valence electrons. The lowest BCUT2D eigenvalue weighted by molar-refractivity contribution is 0.0947. The highest BCUT2D eigenvalue weighted by Gasteiger charge is 2.14. The first-order chi connectivity index (χ1) is 11.3. The Morgan fingerprint density at radius 1 is 1.08 bits per heavy atom. The zero-order valence-electron chi connectivity index (χ0n) is 13.3. The summed E-state index contributed by atoms with van der Waals surface area (Å²) in [6.07, 6.45) is 3.25. The number of hydrogen-bond donors (Lipinski definition) is 2. The first-order valence-corrected chi connectivity index (χ1v) is 7.57. The van der Waals surface area contributed by atoms with Crippen molar-refractivity contribution in [1.29, 1.82) is 0 Å². The smallest absolute Gasteiger partial charge is 0.272 e. The van der Waals surface area contributed by atoms with Gasteiger partial charge in [-0.05, 0) is 17.7 Å². The molecule has 0 aliphatic carbocycles. The van der Waals surface area contributed by atoms with Gasteiger partial charge in [0.15, 0.2) is 5.69 Å². The van der Waals surface area contributed by atoms with Crippen molar-refractivity contribution in [3.05, 3.63) is 66.1 Å². The molecule has 0 spiro atoms. The Balaban J connectivity index is 0.000000925. The normalized spacial score (nSPS) is 9.42. The monoisotopic (exact) mass is 324 g/mol. The maximum atomic E-state index is 12.2. The van der Waals surface area contributed by atoms with Crippen LogP contribution in [0.3, 0.4) is 0 Å². The first-order valence-electron chi connectivity index (χ1n) is 7.57. The summed E-state index contributed by atoms with van der Waals surface area (Å²) in [5.74, 6) is -0.302. The number of nitrogens with zero attached hydrogens (tertiary/aromatic N) is 2. The molecule has 1 aromatic carbocycles. The molecule has 5 heteroatoms. The molecule has 0 atom stereocenters. The predicted octanol–water partition coefficient (Wildman–Crippen LogP) is 3.80. The molecule has 5 nitrogen and oxygen atoms in total. The minimum absolute atomic E-state index is 0. The first kappa shape index (κ1) is 19.1. The maximum absolute atomic E-state index is 12.2. The van der Waals surface area contributed by atoms with Crippen LogP contribution in [0.4, 0.5) is 5.69 Å². The van der Waals surface area contributed by atoms with E-state index in [1.54, 1.807) is 18.5 Å². The fourth-order valence-corrected chi connectivity index (χ4v) is 2.11. The van der Waals surface area contributed by atoms with Crippen LogP contribution in [-0.2, 0) is 6.54 Å². The summed E-state index contributed by atoms with van der Waals surface area (Å²) in [5.41, 5.74) is 8.12. The number of benzene rings is 1. The van der Waals surface area contributed by atoms with Crippen LogP contribution in [0.1, 0.15) is 37.3 Å². The van der Waals surface area contributed by atoms with Gasteiger partial charge in [0.25, 0.3) is 5.91 Å². The van der Waals surface area contributed by atoms with Gasteiger partial charge in [-0.1, -0.05) is 51.6 Å². The van der Waals surface area contributed by atoms with E-state index >= 15 is 0 Å². The van der Waals surface area contributed by atoms with E-state index < -0.39 is 0 Å². The Hall–Kier alpha value is -2.95. The van der Waals surface area contributed by atoms with Gasteiger partial charge in [-0.25, -0.2) is 4.98 Å². The summed E-state index contributed by atoms with van der Waals surface area (Å²) in [7, 11) is 0. The summed E-state index contributed by atoms with van der Waals surface area (Å²) in [6, 6.07) is 13.3. The average Bonchev–Trinajstić information content (AvgIpc) is 2.63. The van der Waals surface area contributed by atoms with Gasteiger partial charge in [0.05, 0.1) is 11.2 Å². The van der Waals surface area contributed by atoms with Crippen molar-refractivity contribution in [2.24, 2.45) is 0 Å². The van der Waals surface area contributed by atoms with Crippen LogP contribution in [0.15, 0.2) is 54.9 Å². The van der Waals surface area contributed by atoms with Gasteiger partial charge in [-0.2, -0.15) is 0 Å². The lowest BCUT2D eigenvalue weighted by Gasteiger charge is -2.08. The molecule has 0 saturated heterocycles. The summed E-state index contributed by atoms with van der Waals surface area (Å²) in [4.78, 5) is 20.5. The van der Waals surface area contributed by atoms with Gasteiger partial charge in [-0.15, -0.1) is 0 Å². The van der Waals surface area contributed by atoms with Crippen LogP contribution in [0, 0.1) is 0 Å². The summed E-state index contributed by atoms with van der Waals surface area (Å²) >= 11 is 0. The second-order valence-corrected chi connectivity index (χ2v) is 4.63. The predicted molar refractivity (Wildman–Crippen MR) is 99.6 cm³/mol. The third kappa shape index (κ3) is 4.29. The molecule has 0 unspecified atom stereocenters. The molecule has 0 aliphatic heterocycles. The molecule has 0 fully saturated rings. The van der Waals surface area contributed by atoms with Gasteiger partial charge >= 0.3 is 0 Å². The summed E-state index contributed by atoms with van der Waals surface area (Å²) in [6.45, 7) is 4.43. The van der Waals surface area contributed by atoms with Crippen LogP contribution in [0.2, 0.25) is 0 Å². The third-order valence-electron chi connectivity index (χ3n) is 3.19. The van der Waals surface area contributed by atoms with E-state index in [0.29, 0.717) is 17.7 Å². The molecule has 24 heavy (non-hydrogen) atoms. The Morgan fingerprint density at radius 2 is 1.79 bits per heavy atom. The number of pyridine rings is 2. The number of amides is 1. The number of carbonyl (C=O) groups excluding carboxylic acids is 1. The van der Waals surface area contributed by atoms with E-state index in [0.717, 1.165) is 10.9 Å². The fourth-order valence-electron chi connectivity index (χ4n) is 2.11. The fraction of sp³-hybridized carbons (Fsp3) is 0.211. The van der Waals surface area contributed by atoms with Gasteiger partial charge < -0.3 is 11.1 Å². The van der Waals surface area contributed by atoms with Crippen molar-refractivity contribution >= 4 is 22.5 Å². The van der Waals surface area contributed by atoms with Crippen LogP contribution >= 0.6 is 0 Å². The van der Waals surface area contributed by atoms with Gasteiger partial charge in [-0.3, -0.25) is 9.78 Å². The number of nitrogen functional groups attached to an aromatic ring is 1. The van der Waals surface area contributed by atoms with Gasteiger partial charge in [0.1, 0.15) is 0 Å². The molecular formula is C19H24N4O.